The fourth-order valence-corrected chi connectivity index (χ4v) is 3.81. The van der Waals surface area contributed by atoms with Gasteiger partial charge in [-0.15, -0.1) is 0 Å². The fraction of sp³-hybridized carbons (Fsp3) is 0.412. The predicted octanol–water partition coefficient (Wildman–Crippen LogP) is 2.18. The molecular weight excluding hydrogens is 338 g/mol. The minimum atomic E-state index is -1.23. The monoisotopic (exact) mass is 357 g/mol. The first-order valence-electron chi connectivity index (χ1n) is 8.19. The molecule has 9 heteroatoms. The Morgan fingerprint density at radius 1 is 0.885 bits per heavy atom. The van der Waals surface area contributed by atoms with Crippen LogP contribution in [0, 0.1) is 25.6 Å². The Morgan fingerprint density at radius 2 is 1.31 bits per heavy atom. The molecule has 0 spiro atoms. The first-order chi connectivity index (χ1) is 12.3. The van der Waals surface area contributed by atoms with Gasteiger partial charge < -0.3 is 0 Å². The number of piperidine rings is 1. The van der Waals surface area contributed by atoms with Crippen LogP contribution in [0.3, 0.4) is 0 Å². The van der Waals surface area contributed by atoms with Gasteiger partial charge in [0.2, 0.25) is 12.1 Å². The topological polar surface area (TPSA) is 124 Å². The van der Waals surface area contributed by atoms with Crippen LogP contribution in [0.4, 0.5) is 0 Å². The summed E-state index contributed by atoms with van der Waals surface area (Å²) in [5, 5.41) is 26.8. The highest BCUT2D eigenvalue weighted by molar-refractivity contribution is 5.21. The van der Waals surface area contributed by atoms with Crippen LogP contribution < -0.4 is 5.32 Å². The van der Waals surface area contributed by atoms with Crippen LogP contribution in [0.15, 0.2) is 48.8 Å². The van der Waals surface area contributed by atoms with E-state index < -0.39 is 39.4 Å². The first-order valence-corrected chi connectivity index (χ1v) is 8.19. The summed E-state index contributed by atoms with van der Waals surface area (Å²) in [4.78, 5) is 31.3. The lowest BCUT2D eigenvalue weighted by Crippen LogP contribution is -2.63. The zero-order valence-electron chi connectivity index (χ0n) is 14.4. The molecule has 9 nitrogen and oxygen atoms in total. The van der Waals surface area contributed by atoms with Crippen molar-refractivity contribution in [3.8, 4) is 0 Å². The molecule has 0 saturated carbocycles. The smallest absolute Gasteiger partial charge is 0.245 e. The number of nitro groups is 2. The number of nitrogens with one attached hydrogen (secondary N) is 1. The number of pyridine rings is 2. The Kier molecular flexibility index (Phi) is 4.64. The molecule has 0 bridgehead atoms. The molecule has 0 aliphatic carbocycles. The normalized spacial score (nSPS) is 27.6. The highest BCUT2D eigenvalue weighted by Gasteiger charge is 2.63. The molecule has 1 aliphatic heterocycles. The van der Waals surface area contributed by atoms with Crippen molar-refractivity contribution >= 4 is 0 Å². The second-order valence-electron chi connectivity index (χ2n) is 6.91. The van der Waals surface area contributed by atoms with E-state index in [9.17, 15) is 20.2 Å². The lowest BCUT2D eigenvalue weighted by atomic mass is 9.67. The summed E-state index contributed by atoms with van der Waals surface area (Å²) in [6.07, 6.45) is 3.10. The molecular formula is C17H19N5O4. The van der Waals surface area contributed by atoms with Crippen molar-refractivity contribution in [2.24, 2.45) is 5.41 Å². The van der Waals surface area contributed by atoms with Gasteiger partial charge >= 0.3 is 0 Å². The van der Waals surface area contributed by atoms with Crippen molar-refractivity contribution in [1.29, 1.82) is 0 Å². The van der Waals surface area contributed by atoms with Gasteiger partial charge in [0.05, 0.1) is 11.4 Å². The van der Waals surface area contributed by atoms with Gasteiger partial charge in [-0.3, -0.25) is 35.5 Å². The van der Waals surface area contributed by atoms with E-state index >= 15 is 0 Å². The van der Waals surface area contributed by atoms with Crippen molar-refractivity contribution in [3.63, 3.8) is 0 Å². The average molecular weight is 357 g/mol. The zero-order chi connectivity index (χ0) is 18.9. The van der Waals surface area contributed by atoms with E-state index in [1.54, 1.807) is 62.6 Å². The van der Waals surface area contributed by atoms with E-state index in [0.29, 0.717) is 11.4 Å². The van der Waals surface area contributed by atoms with Gasteiger partial charge in [-0.2, -0.15) is 0 Å². The van der Waals surface area contributed by atoms with E-state index in [2.05, 4.69) is 15.3 Å². The number of hydrogen-bond donors (Lipinski definition) is 1. The van der Waals surface area contributed by atoms with Gasteiger partial charge in [0, 0.05) is 22.2 Å². The Morgan fingerprint density at radius 3 is 1.62 bits per heavy atom. The van der Waals surface area contributed by atoms with E-state index in [0.717, 1.165) is 0 Å². The standard InChI is InChI=1S/C17H19N5O4/c1-17(2)15(21(23)24)13(11-7-3-5-9-18-11)20-14(16(17)22(25)26)12-8-4-6-10-19-12/h3-10,13-16,20H,1-2H3/t13-,14+,15-,16+. The van der Waals surface area contributed by atoms with E-state index in [-0.39, 0.29) is 0 Å². The molecule has 2 aromatic heterocycles. The maximum atomic E-state index is 11.9. The third kappa shape index (κ3) is 3.01. The Labute approximate surface area is 149 Å². The van der Waals surface area contributed by atoms with E-state index in [1.807, 2.05) is 0 Å². The maximum absolute atomic E-state index is 11.9. The molecule has 1 saturated heterocycles. The third-order valence-electron chi connectivity index (χ3n) is 4.98. The lowest BCUT2D eigenvalue weighted by Gasteiger charge is -2.43. The quantitative estimate of drug-likeness (QED) is 0.657. The molecule has 2 aromatic rings. The Balaban J connectivity index is 2.14. The van der Waals surface area contributed by atoms with Crippen LogP contribution in [0.5, 0.6) is 0 Å². The first kappa shape index (κ1) is 17.9. The van der Waals surface area contributed by atoms with Gasteiger partial charge in [-0.1, -0.05) is 12.1 Å². The van der Waals surface area contributed by atoms with Crippen LogP contribution in [-0.2, 0) is 0 Å². The summed E-state index contributed by atoms with van der Waals surface area (Å²) >= 11 is 0. The van der Waals surface area contributed by atoms with Crippen molar-refractivity contribution < 1.29 is 9.85 Å². The molecule has 1 N–H and O–H groups in total. The summed E-state index contributed by atoms with van der Waals surface area (Å²) in [5.41, 5.74) is -0.280. The summed E-state index contributed by atoms with van der Waals surface area (Å²) < 4.78 is 0. The van der Waals surface area contributed by atoms with Gasteiger partial charge in [-0.25, -0.2) is 0 Å². The zero-order valence-corrected chi connectivity index (χ0v) is 14.4. The lowest BCUT2D eigenvalue weighted by molar-refractivity contribution is -0.605. The van der Waals surface area contributed by atoms with E-state index in [4.69, 9.17) is 0 Å². The van der Waals surface area contributed by atoms with Crippen LogP contribution in [-0.4, -0.2) is 31.9 Å². The van der Waals surface area contributed by atoms with Crippen molar-refractivity contribution in [3.05, 3.63) is 80.4 Å². The molecule has 0 amide bonds. The van der Waals surface area contributed by atoms with Crippen molar-refractivity contribution in [2.75, 3.05) is 0 Å². The second-order valence-corrected chi connectivity index (χ2v) is 6.91. The summed E-state index contributed by atoms with van der Waals surface area (Å²) in [5.74, 6) is 0. The SMILES string of the molecule is CC1(C)[C@@H]([N+](=O)[O-])[C@H](c2ccccn2)N[C@H](c2ccccn2)[C@H]1[N+](=O)[O-]. The maximum Gasteiger partial charge on any atom is 0.245 e. The minimum Gasteiger partial charge on any atom is -0.289 e. The number of rotatable bonds is 4. The molecule has 136 valence electrons. The number of aromatic nitrogens is 2. The molecule has 0 unspecified atom stereocenters. The van der Waals surface area contributed by atoms with Gasteiger partial charge in [0.1, 0.15) is 17.5 Å². The van der Waals surface area contributed by atoms with Gasteiger partial charge in [0.15, 0.2) is 0 Å². The predicted molar refractivity (Wildman–Crippen MR) is 92.4 cm³/mol. The van der Waals surface area contributed by atoms with E-state index in [1.165, 1.54) is 0 Å². The third-order valence-corrected chi connectivity index (χ3v) is 4.98. The second kappa shape index (κ2) is 6.75. The molecule has 0 radical (unpaired) electrons. The Bertz CT molecular complexity index is 734. The summed E-state index contributed by atoms with van der Waals surface area (Å²) in [6.45, 7) is 3.14. The Hall–Kier alpha value is -2.94. The van der Waals surface area contributed by atoms with Gasteiger partial charge in [-0.05, 0) is 38.1 Å². The summed E-state index contributed by atoms with van der Waals surface area (Å²) in [6, 6.07) is 6.31. The highest BCUT2D eigenvalue weighted by Crippen LogP contribution is 2.46. The van der Waals surface area contributed by atoms with Crippen LogP contribution in [0.25, 0.3) is 0 Å². The van der Waals surface area contributed by atoms with Crippen LogP contribution in [0.1, 0.15) is 37.3 Å². The molecule has 3 rings (SSSR count). The molecule has 3 heterocycles. The largest absolute Gasteiger partial charge is 0.289 e. The molecule has 1 fully saturated rings. The van der Waals surface area contributed by atoms with Crippen molar-refractivity contribution in [1.82, 2.24) is 15.3 Å². The summed E-state index contributed by atoms with van der Waals surface area (Å²) in [7, 11) is 0. The van der Waals surface area contributed by atoms with Crippen molar-refractivity contribution in [2.45, 2.75) is 38.0 Å². The fourth-order valence-electron chi connectivity index (χ4n) is 3.81. The van der Waals surface area contributed by atoms with Crippen LogP contribution >= 0.6 is 0 Å². The molecule has 0 aromatic carbocycles. The molecule has 26 heavy (non-hydrogen) atoms. The highest BCUT2D eigenvalue weighted by atomic mass is 16.6. The molecule has 1 aliphatic rings. The number of hydrogen-bond acceptors (Lipinski definition) is 7. The number of nitrogens with zero attached hydrogens (tertiary/aromatic N) is 4. The van der Waals surface area contributed by atoms with Crippen LogP contribution in [0.2, 0.25) is 0 Å². The minimum absolute atomic E-state index is 0.447. The van der Waals surface area contributed by atoms with Gasteiger partial charge in [0.25, 0.3) is 0 Å². The molecule has 4 atom stereocenters. The average Bonchev–Trinajstić information content (AvgIpc) is 2.60.